The summed E-state index contributed by atoms with van der Waals surface area (Å²) in [5.41, 5.74) is 0. The normalized spacial score (nSPS) is 48.2. The van der Waals surface area contributed by atoms with E-state index in [-0.39, 0.29) is 0 Å². The van der Waals surface area contributed by atoms with E-state index in [2.05, 4.69) is 16.0 Å². The third-order valence-electron chi connectivity index (χ3n) is 13.9. The van der Waals surface area contributed by atoms with E-state index in [1.165, 1.54) is 13.8 Å². The first-order chi connectivity index (χ1) is 35.9. The zero-order chi connectivity index (χ0) is 56.2. The van der Waals surface area contributed by atoms with Gasteiger partial charge in [-0.1, -0.05) is 0 Å². The molecule has 6 fully saturated rings. The van der Waals surface area contributed by atoms with Crippen molar-refractivity contribution in [3.63, 3.8) is 0 Å². The molecule has 0 saturated carbocycles. The number of aliphatic hydroxyl groups excluding tert-OH is 16. The van der Waals surface area contributed by atoms with Gasteiger partial charge in [-0.05, 0) is 6.92 Å². The highest BCUT2D eigenvalue weighted by Gasteiger charge is 2.58. The van der Waals surface area contributed by atoms with Gasteiger partial charge in [-0.25, -0.2) is 0 Å². The number of carbonyl (C=O) groups is 3. The van der Waals surface area contributed by atoms with Crippen LogP contribution in [0.15, 0.2) is 0 Å². The zero-order valence-corrected chi connectivity index (χ0v) is 41.4. The number of ether oxygens (including phenoxy) is 11. The number of rotatable bonds is 19. The summed E-state index contributed by atoms with van der Waals surface area (Å²) in [5, 5.41) is 181. The minimum atomic E-state index is -2.32. The lowest BCUT2D eigenvalue weighted by Gasteiger charge is -2.51. The van der Waals surface area contributed by atoms with Crippen molar-refractivity contribution in [3.8, 4) is 0 Å². The summed E-state index contributed by atoms with van der Waals surface area (Å²) in [4.78, 5) is 36.9. The number of hydrogen-bond donors (Lipinski definition) is 19. The van der Waals surface area contributed by atoms with Gasteiger partial charge in [0.1, 0.15) is 140 Å². The Morgan fingerprint density at radius 3 is 1.26 bits per heavy atom. The summed E-state index contributed by atoms with van der Waals surface area (Å²) in [7, 11) is 0. The van der Waals surface area contributed by atoms with E-state index < -0.39 is 241 Å². The summed E-state index contributed by atoms with van der Waals surface area (Å²) >= 11 is 0. The predicted molar refractivity (Wildman–Crippen MR) is 237 cm³/mol. The molecule has 0 radical (unpaired) electrons. The highest BCUT2D eigenvalue weighted by atomic mass is 16.8. The summed E-state index contributed by atoms with van der Waals surface area (Å²) in [5.74, 6) is -2.16. The van der Waals surface area contributed by atoms with Gasteiger partial charge < -0.3 is 150 Å². The molecule has 440 valence electrons. The Labute approximate surface area is 432 Å². The maximum absolute atomic E-state index is 12.7. The predicted octanol–water partition coefficient (Wildman–Crippen LogP) is -12.6. The Morgan fingerprint density at radius 1 is 0.355 bits per heavy atom. The molecule has 0 aromatic carbocycles. The average molecular weight is 1110 g/mol. The fourth-order valence-electron chi connectivity index (χ4n) is 9.86. The van der Waals surface area contributed by atoms with E-state index in [0.29, 0.717) is 0 Å². The molecule has 0 bridgehead atoms. The van der Waals surface area contributed by atoms with Crippen LogP contribution in [0.1, 0.15) is 27.7 Å². The average Bonchev–Trinajstić information content (AvgIpc) is 3.37. The Morgan fingerprint density at radius 2 is 0.737 bits per heavy atom. The molecule has 0 aliphatic carbocycles. The second kappa shape index (κ2) is 27.2. The number of hydrogen-bond acceptors (Lipinski definition) is 30. The fraction of sp³-hybridized carbons (Fsp3) is 0.930. The van der Waals surface area contributed by atoms with Crippen LogP contribution >= 0.6 is 0 Å². The SMILES string of the molecule is CC(=O)NC1[C@H](OC2C(O)[C@H](O)[C@@H](CO)O[C@@H]2O[C@@H]2C(O)[C@H](O[C@@H]3C(CO)O[C@@H](O[C@@H]4C(CO)O[C@@H](C)C(NC(C)=O)[C@H]4O)C(NC(C)=O)[C@H]3O)OC(CO[C@H]3OC(CO)[C@@H](O)[C@H](O)C3O)[C@H]2O)OC(CO)[C@@H](O)[C@@H]1O. The van der Waals surface area contributed by atoms with Gasteiger partial charge in [0.15, 0.2) is 31.5 Å². The standard InChI is InChI=1S/C43H73N3O30/c1-11-21(44-12(2)52)29(60)35(18(8-50)67-11)73-40-23(46-14(4)54)30(61)36(19(9-51)71-40)74-42-34(65)37(27(58)20(72-42)10-66-41-33(64)31(62)25(56)16(6-48)69-41)75-43-38(32(63)26(57)17(7-49)70-43)76-39-22(45-13(3)53)28(59)24(55)15(5-47)68-39/h11,15-43,47-51,55-65H,5-10H2,1-4H3,(H,44,52)(H,45,53)(H,46,54)/t11-,15?,16?,17+,18?,19?,20?,21?,22?,23?,24+,25+,26+,27+,28+,29+,30+,31-,32?,33?,34?,35+,36+,37-,38?,39-,40-,41-,42-,43+/m0/s1. The van der Waals surface area contributed by atoms with Crippen molar-refractivity contribution >= 4 is 17.7 Å². The topological polar surface area (TPSA) is 513 Å². The first-order valence-corrected chi connectivity index (χ1v) is 24.4. The lowest BCUT2D eigenvalue weighted by Crippen LogP contribution is -2.70. The molecule has 0 spiro atoms. The molecule has 6 aliphatic rings. The monoisotopic (exact) mass is 1110 g/mol. The van der Waals surface area contributed by atoms with Gasteiger partial charge in [0, 0.05) is 20.8 Å². The second-order valence-electron chi connectivity index (χ2n) is 19.3. The molecule has 33 nitrogen and oxygen atoms in total. The van der Waals surface area contributed by atoms with Crippen LogP contribution in [0, 0.1) is 0 Å². The van der Waals surface area contributed by atoms with Crippen LogP contribution in [-0.4, -0.2) is 323 Å². The molecule has 0 aromatic rings. The smallest absolute Gasteiger partial charge is 0.217 e. The Balaban J connectivity index is 1.33. The van der Waals surface area contributed by atoms with Crippen LogP contribution in [0.3, 0.4) is 0 Å². The molecular formula is C43H73N3O30. The van der Waals surface area contributed by atoms with Crippen molar-refractivity contribution in [1.29, 1.82) is 0 Å². The van der Waals surface area contributed by atoms with Gasteiger partial charge in [-0.3, -0.25) is 14.4 Å². The van der Waals surface area contributed by atoms with Gasteiger partial charge in [-0.2, -0.15) is 0 Å². The van der Waals surface area contributed by atoms with Crippen LogP contribution in [0.25, 0.3) is 0 Å². The van der Waals surface area contributed by atoms with E-state index in [0.717, 1.165) is 13.8 Å². The van der Waals surface area contributed by atoms with Crippen molar-refractivity contribution in [2.45, 2.75) is 212 Å². The minimum absolute atomic E-state index is 0.563. The van der Waals surface area contributed by atoms with Crippen LogP contribution in [-0.2, 0) is 66.5 Å². The Bertz CT molecular complexity index is 1870. The van der Waals surface area contributed by atoms with Crippen LogP contribution in [0.4, 0.5) is 0 Å². The molecule has 3 amide bonds. The summed E-state index contributed by atoms with van der Waals surface area (Å²) < 4.78 is 64.4. The van der Waals surface area contributed by atoms with E-state index in [4.69, 9.17) is 52.1 Å². The van der Waals surface area contributed by atoms with Crippen molar-refractivity contribution < 1.29 is 148 Å². The fourth-order valence-corrected chi connectivity index (χ4v) is 9.86. The molecule has 19 N–H and O–H groups in total. The van der Waals surface area contributed by atoms with E-state index in [1.54, 1.807) is 0 Å². The number of aliphatic hydroxyl groups is 16. The third-order valence-corrected chi connectivity index (χ3v) is 13.9. The van der Waals surface area contributed by atoms with Gasteiger partial charge >= 0.3 is 0 Å². The molecule has 30 atom stereocenters. The largest absolute Gasteiger partial charge is 0.394 e. The minimum Gasteiger partial charge on any atom is -0.394 e. The number of nitrogens with one attached hydrogen (secondary N) is 3. The van der Waals surface area contributed by atoms with E-state index in [1.807, 2.05) is 0 Å². The second-order valence-corrected chi connectivity index (χ2v) is 19.3. The van der Waals surface area contributed by atoms with Crippen molar-refractivity contribution in [2.75, 3.05) is 39.6 Å². The highest BCUT2D eigenvalue weighted by Crippen LogP contribution is 2.37. The van der Waals surface area contributed by atoms with Gasteiger partial charge in [0.25, 0.3) is 0 Å². The molecule has 6 rings (SSSR count). The lowest BCUT2D eigenvalue weighted by molar-refractivity contribution is -0.394. The summed E-state index contributed by atoms with van der Waals surface area (Å²) in [6.07, 6.45) is -49.9. The Kier molecular flexibility index (Phi) is 22.4. The van der Waals surface area contributed by atoms with E-state index in [9.17, 15) is 96.1 Å². The molecule has 6 saturated heterocycles. The van der Waals surface area contributed by atoms with Gasteiger partial charge in [-0.15, -0.1) is 0 Å². The van der Waals surface area contributed by atoms with E-state index >= 15 is 0 Å². The summed E-state index contributed by atoms with van der Waals surface area (Å²) in [6.45, 7) is -0.761. The molecule has 6 aliphatic heterocycles. The maximum atomic E-state index is 12.7. The van der Waals surface area contributed by atoms with Crippen molar-refractivity contribution in [1.82, 2.24) is 16.0 Å². The highest BCUT2D eigenvalue weighted by molar-refractivity contribution is 5.74. The summed E-state index contributed by atoms with van der Waals surface area (Å²) in [6, 6.07) is -4.47. The lowest BCUT2D eigenvalue weighted by atomic mass is 9.92. The molecule has 12 unspecified atom stereocenters. The van der Waals surface area contributed by atoms with Crippen LogP contribution in [0.2, 0.25) is 0 Å². The molecular weight excluding hydrogens is 1040 g/mol. The number of carbonyl (C=O) groups excluding carboxylic acids is 3. The van der Waals surface area contributed by atoms with Crippen LogP contribution in [0.5, 0.6) is 0 Å². The zero-order valence-electron chi connectivity index (χ0n) is 41.4. The molecule has 6 heterocycles. The van der Waals surface area contributed by atoms with Gasteiger partial charge in [0.05, 0.1) is 51.8 Å². The van der Waals surface area contributed by atoms with Crippen molar-refractivity contribution in [3.05, 3.63) is 0 Å². The molecule has 33 heteroatoms. The maximum Gasteiger partial charge on any atom is 0.217 e. The van der Waals surface area contributed by atoms with Crippen LogP contribution < -0.4 is 16.0 Å². The van der Waals surface area contributed by atoms with Crippen molar-refractivity contribution in [2.24, 2.45) is 0 Å². The Hall–Kier alpha value is -2.67. The van der Waals surface area contributed by atoms with Gasteiger partial charge in [0.2, 0.25) is 17.7 Å². The molecule has 76 heavy (non-hydrogen) atoms. The first-order valence-electron chi connectivity index (χ1n) is 24.4. The quantitative estimate of drug-likeness (QED) is 0.0571. The number of amides is 3. The third kappa shape index (κ3) is 13.7. The first kappa shape index (κ1) is 62.5. The molecule has 0 aromatic heterocycles.